The molecule has 1 heterocycles. The van der Waals surface area contributed by atoms with Crippen molar-refractivity contribution in [2.24, 2.45) is 0 Å². The number of anilines is 1. The summed E-state index contributed by atoms with van der Waals surface area (Å²) in [5, 5.41) is 5.24. The Morgan fingerprint density at radius 1 is 0.933 bits per heavy atom. The van der Waals surface area contributed by atoms with Gasteiger partial charge < -0.3 is 9.47 Å². The number of thiophene rings is 1. The molecule has 1 amide bonds. The summed E-state index contributed by atoms with van der Waals surface area (Å²) < 4.78 is 10.9. The maximum Gasteiger partial charge on any atom is 0.412 e. The highest BCUT2D eigenvalue weighted by atomic mass is 32.1. The van der Waals surface area contributed by atoms with E-state index in [9.17, 15) is 9.59 Å². The average molecular weight is 440 g/mol. The molecule has 0 atom stereocenters. The molecule has 0 aliphatic carbocycles. The van der Waals surface area contributed by atoms with Crippen LogP contribution in [0.1, 0.15) is 115 Å². The Kier molecular flexibility index (Phi) is 12.7. The topological polar surface area (TPSA) is 64.6 Å². The van der Waals surface area contributed by atoms with Gasteiger partial charge in [-0.1, -0.05) is 65.2 Å². The van der Waals surface area contributed by atoms with Gasteiger partial charge in [0.05, 0.1) is 12.2 Å². The van der Waals surface area contributed by atoms with Crippen LogP contribution in [0.3, 0.4) is 0 Å². The molecule has 0 radical (unpaired) electrons. The molecule has 0 aromatic carbocycles. The molecular formula is C24H41NO4S. The molecule has 0 saturated heterocycles. The Morgan fingerprint density at radius 3 is 2.17 bits per heavy atom. The van der Waals surface area contributed by atoms with Gasteiger partial charge in [0.25, 0.3) is 0 Å². The Labute approximate surface area is 186 Å². The first-order chi connectivity index (χ1) is 14.3. The number of esters is 1. The summed E-state index contributed by atoms with van der Waals surface area (Å²) in [5.41, 5.74) is 0.827. The monoisotopic (exact) mass is 439 g/mol. The third kappa shape index (κ3) is 11.0. The van der Waals surface area contributed by atoms with Crippen molar-refractivity contribution in [2.75, 3.05) is 11.9 Å². The Bertz CT molecular complexity index is 634. The first-order valence-electron chi connectivity index (χ1n) is 11.6. The van der Waals surface area contributed by atoms with Crippen molar-refractivity contribution in [2.45, 2.75) is 111 Å². The molecule has 1 aromatic rings. The van der Waals surface area contributed by atoms with E-state index < -0.39 is 11.7 Å². The van der Waals surface area contributed by atoms with Gasteiger partial charge in [-0.05, 0) is 51.0 Å². The summed E-state index contributed by atoms with van der Waals surface area (Å²) in [6.07, 6.45) is 11.6. The number of aryl methyl sites for hydroxylation is 1. The summed E-state index contributed by atoms with van der Waals surface area (Å²) in [5.74, 6) is -0.388. The molecule has 0 spiro atoms. The van der Waals surface area contributed by atoms with Gasteiger partial charge in [-0.2, -0.15) is 0 Å². The first-order valence-corrected chi connectivity index (χ1v) is 12.4. The number of rotatable bonds is 14. The molecule has 0 bridgehead atoms. The zero-order valence-corrected chi connectivity index (χ0v) is 20.4. The van der Waals surface area contributed by atoms with Gasteiger partial charge in [-0.15, -0.1) is 11.3 Å². The van der Waals surface area contributed by atoms with Gasteiger partial charge in [0.2, 0.25) is 0 Å². The second-order valence-corrected chi connectivity index (χ2v) is 9.69. The van der Waals surface area contributed by atoms with Gasteiger partial charge >= 0.3 is 12.1 Å². The predicted molar refractivity (Wildman–Crippen MR) is 126 cm³/mol. The van der Waals surface area contributed by atoms with Crippen LogP contribution in [0.15, 0.2) is 5.38 Å². The van der Waals surface area contributed by atoms with Gasteiger partial charge in [0.15, 0.2) is 0 Å². The summed E-state index contributed by atoms with van der Waals surface area (Å²) >= 11 is 1.36. The maximum atomic E-state index is 12.8. The van der Waals surface area contributed by atoms with Crippen molar-refractivity contribution in [1.82, 2.24) is 0 Å². The fourth-order valence-corrected chi connectivity index (χ4v) is 4.11. The molecule has 6 heteroatoms. The van der Waals surface area contributed by atoms with Crippen molar-refractivity contribution in [1.29, 1.82) is 0 Å². The highest BCUT2D eigenvalue weighted by Gasteiger charge is 2.26. The van der Waals surface area contributed by atoms with E-state index in [0.717, 1.165) is 37.7 Å². The van der Waals surface area contributed by atoms with Crippen molar-refractivity contribution in [3.05, 3.63) is 16.5 Å². The summed E-state index contributed by atoms with van der Waals surface area (Å²) in [7, 11) is 0. The Morgan fingerprint density at radius 2 is 1.53 bits per heavy atom. The highest BCUT2D eigenvalue weighted by molar-refractivity contribution is 7.15. The van der Waals surface area contributed by atoms with Gasteiger partial charge in [0.1, 0.15) is 10.6 Å². The molecule has 1 aromatic heterocycles. The van der Waals surface area contributed by atoms with E-state index in [0.29, 0.717) is 17.2 Å². The maximum absolute atomic E-state index is 12.8. The normalized spacial score (nSPS) is 11.4. The largest absolute Gasteiger partial charge is 0.456 e. The van der Waals surface area contributed by atoms with Crippen molar-refractivity contribution in [3.63, 3.8) is 0 Å². The van der Waals surface area contributed by atoms with Crippen LogP contribution in [0.5, 0.6) is 0 Å². The van der Waals surface area contributed by atoms with Crippen molar-refractivity contribution >= 4 is 28.4 Å². The van der Waals surface area contributed by atoms with Crippen LogP contribution in [-0.4, -0.2) is 24.3 Å². The molecule has 1 N–H and O–H groups in total. The van der Waals surface area contributed by atoms with E-state index in [2.05, 4.69) is 19.2 Å². The minimum atomic E-state index is -0.589. The van der Waals surface area contributed by atoms with Crippen LogP contribution in [-0.2, 0) is 15.9 Å². The van der Waals surface area contributed by atoms with E-state index in [1.165, 1.54) is 49.9 Å². The SMILES string of the molecule is CCCCCCCCOC(=O)Nc1scc(CCCCCC)c1C(=O)OC(C)(C)C. The molecule has 0 unspecified atom stereocenters. The van der Waals surface area contributed by atoms with Gasteiger partial charge in [0, 0.05) is 0 Å². The molecular weight excluding hydrogens is 398 g/mol. The zero-order valence-electron chi connectivity index (χ0n) is 19.6. The van der Waals surface area contributed by atoms with Gasteiger partial charge in [-0.25, -0.2) is 9.59 Å². The van der Waals surface area contributed by atoms with E-state index >= 15 is 0 Å². The summed E-state index contributed by atoms with van der Waals surface area (Å²) in [4.78, 5) is 25.0. The highest BCUT2D eigenvalue weighted by Crippen LogP contribution is 2.31. The van der Waals surface area contributed by atoms with E-state index in [4.69, 9.17) is 9.47 Å². The summed E-state index contributed by atoms with van der Waals surface area (Å²) in [6, 6.07) is 0. The molecule has 1 rings (SSSR count). The van der Waals surface area contributed by atoms with Crippen LogP contribution in [0.2, 0.25) is 0 Å². The molecule has 0 fully saturated rings. The lowest BCUT2D eigenvalue weighted by Crippen LogP contribution is -2.25. The number of amides is 1. The molecule has 5 nitrogen and oxygen atoms in total. The fraction of sp³-hybridized carbons (Fsp3) is 0.750. The number of unbranched alkanes of at least 4 members (excludes halogenated alkanes) is 8. The lowest BCUT2D eigenvalue weighted by molar-refractivity contribution is 0.00701. The van der Waals surface area contributed by atoms with E-state index in [1.54, 1.807) is 0 Å². The predicted octanol–water partition coefficient (Wildman–Crippen LogP) is 7.74. The van der Waals surface area contributed by atoms with Crippen LogP contribution in [0, 0.1) is 0 Å². The van der Waals surface area contributed by atoms with Crippen LogP contribution < -0.4 is 5.32 Å². The Hall–Kier alpha value is -1.56. The number of carbonyl (C=O) groups is 2. The summed E-state index contributed by atoms with van der Waals surface area (Å²) in [6.45, 7) is 10.3. The van der Waals surface area contributed by atoms with Crippen LogP contribution >= 0.6 is 11.3 Å². The molecule has 0 saturated carbocycles. The lowest BCUT2D eigenvalue weighted by atomic mass is 10.0. The zero-order chi connectivity index (χ0) is 22.4. The van der Waals surface area contributed by atoms with E-state index in [-0.39, 0.29) is 5.97 Å². The average Bonchev–Trinajstić information content (AvgIpc) is 3.05. The van der Waals surface area contributed by atoms with Crippen molar-refractivity contribution < 1.29 is 19.1 Å². The Balaban J connectivity index is 2.66. The number of ether oxygens (including phenoxy) is 2. The standard InChI is InChI=1S/C24H41NO4S/c1-6-8-10-12-13-15-17-28-23(27)25-21-20(22(26)29-24(3,4)5)19(18-30-21)16-14-11-9-7-2/h18H,6-17H2,1-5H3,(H,25,27). The number of carbonyl (C=O) groups excluding carboxylic acids is 2. The lowest BCUT2D eigenvalue weighted by Gasteiger charge is -2.20. The van der Waals surface area contributed by atoms with Crippen LogP contribution in [0.25, 0.3) is 0 Å². The quantitative estimate of drug-likeness (QED) is 0.238. The van der Waals surface area contributed by atoms with Crippen molar-refractivity contribution in [3.8, 4) is 0 Å². The smallest absolute Gasteiger partial charge is 0.412 e. The fourth-order valence-electron chi connectivity index (χ4n) is 3.14. The third-order valence-electron chi connectivity index (χ3n) is 4.72. The van der Waals surface area contributed by atoms with Crippen LogP contribution in [0.4, 0.5) is 9.80 Å². The minimum absolute atomic E-state index is 0.388. The van der Waals surface area contributed by atoms with Gasteiger partial charge in [-0.3, -0.25) is 5.32 Å². The third-order valence-corrected chi connectivity index (χ3v) is 5.66. The minimum Gasteiger partial charge on any atom is -0.456 e. The first kappa shape index (κ1) is 26.5. The number of hydrogen-bond donors (Lipinski definition) is 1. The second-order valence-electron chi connectivity index (χ2n) is 8.81. The molecule has 172 valence electrons. The second kappa shape index (κ2) is 14.4. The molecule has 0 aliphatic rings. The van der Waals surface area contributed by atoms with E-state index in [1.807, 2.05) is 26.2 Å². The molecule has 0 aliphatic heterocycles. The molecule has 30 heavy (non-hydrogen) atoms. The number of hydrogen-bond acceptors (Lipinski definition) is 5. The number of nitrogens with one attached hydrogen (secondary N) is 1.